The van der Waals surface area contributed by atoms with E-state index in [0.29, 0.717) is 11.4 Å². The molecule has 0 radical (unpaired) electrons. The van der Waals surface area contributed by atoms with E-state index < -0.39 is 23.0 Å². The number of nitrogens with zero attached hydrogens (tertiary/aromatic N) is 3. The van der Waals surface area contributed by atoms with E-state index in [-0.39, 0.29) is 49.1 Å². The highest BCUT2D eigenvalue weighted by molar-refractivity contribution is 5.96. The van der Waals surface area contributed by atoms with E-state index >= 15 is 0 Å². The zero-order valence-corrected chi connectivity index (χ0v) is 19.3. The number of amides is 2. The van der Waals surface area contributed by atoms with Crippen LogP contribution in [0.3, 0.4) is 0 Å². The molecule has 172 valence electrons. The SMILES string of the molecule is CC(=O)N1c2cnc(NC(=O)O[C@H](C)C(C)(C)C)nc2C2(CCC(F)(F)CC2)C1(C)C. The normalized spacial score (nSPS) is 22.0. The van der Waals surface area contributed by atoms with E-state index in [1.165, 1.54) is 13.1 Å². The summed E-state index contributed by atoms with van der Waals surface area (Å²) in [5, 5.41) is 2.55. The van der Waals surface area contributed by atoms with Crippen molar-refractivity contribution in [3.8, 4) is 0 Å². The van der Waals surface area contributed by atoms with Crippen LogP contribution in [0.2, 0.25) is 0 Å². The van der Waals surface area contributed by atoms with Crippen LogP contribution in [0.5, 0.6) is 0 Å². The lowest BCUT2D eigenvalue weighted by atomic mass is 9.62. The quantitative estimate of drug-likeness (QED) is 0.698. The molecular weight excluding hydrogens is 406 g/mol. The highest BCUT2D eigenvalue weighted by Crippen LogP contribution is 2.59. The molecule has 1 saturated carbocycles. The largest absolute Gasteiger partial charge is 0.446 e. The Morgan fingerprint density at radius 1 is 1.19 bits per heavy atom. The Kier molecular flexibility index (Phi) is 5.56. The summed E-state index contributed by atoms with van der Waals surface area (Å²) in [5.74, 6) is -2.91. The Morgan fingerprint density at radius 2 is 1.77 bits per heavy atom. The highest BCUT2D eigenvalue weighted by atomic mass is 19.3. The summed E-state index contributed by atoms with van der Waals surface area (Å²) >= 11 is 0. The standard InChI is InChI=1S/C22H32F2N4O3/c1-13(19(3,4)5)31-18(30)27-17-25-12-15-16(26-17)21(8-10-22(23,24)11-9-21)20(6,7)28(15)14(2)29/h12-13H,8-11H2,1-7H3,(H,25,26,27,30)/t13-/m1/s1. The first-order valence-electron chi connectivity index (χ1n) is 10.6. The fourth-order valence-corrected chi connectivity index (χ4v) is 4.67. The van der Waals surface area contributed by atoms with E-state index in [9.17, 15) is 18.4 Å². The van der Waals surface area contributed by atoms with Gasteiger partial charge in [0.25, 0.3) is 0 Å². The van der Waals surface area contributed by atoms with Gasteiger partial charge in [-0.3, -0.25) is 10.1 Å². The first kappa shape index (κ1) is 23.3. The number of alkyl halides is 2. The van der Waals surface area contributed by atoms with Crippen LogP contribution in [0.4, 0.5) is 25.2 Å². The Labute approximate surface area is 182 Å². The Morgan fingerprint density at radius 3 is 2.29 bits per heavy atom. The van der Waals surface area contributed by atoms with E-state index in [1.807, 2.05) is 34.6 Å². The summed E-state index contributed by atoms with van der Waals surface area (Å²) < 4.78 is 33.4. The lowest BCUT2D eigenvalue weighted by Crippen LogP contribution is -2.57. The molecule has 1 atom stereocenters. The Balaban J connectivity index is 1.96. The lowest BCUT2D eigenvalue weighted by molar-refractivity contribution is -0.118. The van der Waals surface area contributed by atoms with Crippen LogP contribution in [-0.2, 0) is 14.9 Å². The molecule has 2 amide bonds. The van der Waals surface area contributed by atoms with Crippen molar-refractivity contribution in [2.24, 2.45) is 5.41 Å². The first-order chi connectivity index (χ1) is 14.1. The molecule has 7 nitrogen and oxygen atoms in total. The maximum Gasteiger partial charge on any atom is 0.414 e. The van der Waals surface area contributed by atoms with Crippen LogP contribution in [0.1, 0.15) is 79.8 Å². The zero-order chi connectivity index (χ0) is 23.4. The summed E-state index contributed by atoms with van der Waals surface area (Å²) in [4.78, 5) is 35.2. The Bertz CT molecular complexity index is 885. The van der Waals surface area contributed by atoms with Crippen molar-refractivity contribution >= 4 is 23.6 Å². The summed E-state index contributed by atoms with van der Waals surface area (Å²) in [6.45, 7) is 12.9. The van der Waals surface area contributed by atoms with Crippen LogP contribution in [-0.4, -0.2) is 39.5 Å². The molecule has 1 fully saturated rings. The van der Waals surface area contributed by atoms with Crippen molar-refractivity contribution in [2.75, 3.05) is 10.2 Å². The molecule has 1 N–H and O–H groups in total. The van der Waals surface area contributed by atoms with Gasteiger partial charge in [-0.2, -0.15) is 0 Å². The van der Waals surface area contributed by atoms with Crippen LogP contribution in [0, 0.1) is 5.41 Å². The fourth-order valence-electron chi connectivity index (χ4n) is 4.67. The van der Waals surface area contributed by atoms with Crippen molar-refractivity contribution in [1.82, 2.24) is 9.97 Å². The lowest BCUT2D eigenvalue weighted by Gasteiger charge is -2.48. The third-order valence-electron chi connectivity index (χ3n) is 7.06. The molecule has 1 aromatic heterocycles. The molecule has 1 aliphatic carbocycles. The molecule has 2 heterocycles. The monoisotopic (exact) mass is 438 g/mol. The van der Waals surface area contributed by atoms with Crippen LogP contribution in [0.15, 0.2) is 6.20 Å². The molecule has 2 aliphatic rings. The molecule has 1 aliphatic heterocycles. The average molecular weight is 439 g/mol. The van der Waals surface area contributed by atoms with Gasteiger partial charge < -0.3 is 9.64 Å². The van der Waals surface area contributed by atoms with Gasteiger partial charge >= 0.3 is 6.09 Å². The highest BCUT2D eigenvalue weighted by Gasteiger charge is 2.61. The predicted molar refractivity (Wildman–Crippen MR) is 113 cm³/mol. The molecule has 9 heteroatoms. The summed E-state index contributed by atoms with van der Waals surface area (Å²) in [5.41, 5.74) is -0.717. The molecule has 1 spiro atoms. The fraction of sp³-hybridized carbons (Fsp3) is 0.727. The van der Waals surface area contributed by atoms with Gasteiger partial charge in [-0.25, -0.2) is 23.5 Å². The molecule has 0 saturated heterocycles. The number of halogens is 2. The number of rotatable bonds is 2. The molecule has 3 rings (SSSR count). The average Bonchev–Trinajstić information content (AvgIpc) is 2.80. The maximum atomic E-state index is 14.0. The van der Waals surface area contributed by atoms with Gasteiger partial charge in [0.05, 0.1) is 23.1 Å². The number of ether oxygens (including phenoxy) is 1. The second-order valence-electron chi connectivity index (χ2n) is 10.3. The zero-order valence-electron chi connectivity index (χ0n) is 19.3. The number of fused-ring (bicyclic) bond motifs is 2. The Hall–Kier alpha value is -2.32. The minimum absolute atomic E-state index is 0.0303. The van der Waals surface area contributed by atoms with Gasteiger partial charge in [0.15, 0.2) is 0 Å². The number of hydrogen-bond acceptors (Lipinski definition) is 5. The number of nitrogens with one attached hydrogen (secondary N) is 1. The predicted octanol–water partition coefficient (Wildman–Crippen LogP) is 5.05. The third kappa shape index (κ3) is 3.99. The van der Waals surface area contributed by atoms with Gasteiger partial charge in [-0.1, -0.05) is 20.8 Å². The van der Waals surface area contributed by atoms with Crippen molar-refractivity contribution in [3.05, 3.63) is 11.9 Å². The summed E-state index contributed by atoms with van der Waals surface area (Å²) in [6.07, 6.45) is 0.264. The van der Waals surface area contributed by atoms with Gasteiger partial charge in [0.1, 0.15) is 6.10 Å². The third-order valence-corrected chi connectivity index (χ3v) is 7.06. The minimum atomic E-state index is -2.73. The van der Waals surface area contributed by atoms with Crippen LogP contribution in [0.25, 0.3) is 0 Å². The summed E-state index contributed by atoms with van der Waals surface area (Å²) in [6, 6.07) is 0. The maximum absolute atomic E-state index is 14.0. The number of hydrogen-bond donors (Lipinski definition) is 1. The molecule has 0 bridgehead atoms. The molecule has 31 heavy (non-hydrogen) atoms. The second kappa shape index (κ2) is 7.38. The molecule has 0 unspecified atom stereocenters. The van der Waals surface area contributed by atoms with Gasteiger partial charge in [-0.05, 0) is 39.0 Å². The number of anilines is 2. The van der Waals surface area contributed by atoms with Crippen LogP contribution >= 0.6 is 0 Å². The molecule has 0 aromatic carbocycles. The van der Waals surface area contributed by atoms with Gasteiger partial charge in [0.2, 0.25) is 17.8 Å². The van der Waals surface area contributed by atoms with Crippen molar-refractivity contribution < 1.29 is 23.1 Å². The van der Waals surface area contributed by atoms with Crippen molar-refractivity contribution in [3.63, 3.8) is 0 Å². The van der Waals surface area contributed by atoms with E-state index in [4.69, 9.17) is 4.74 Å². The first-order valence-corrected chi connectivity index (χ1v) is 10.6. The van der Waals surface area contributed by atoms with Crippen molar-refractivity contribution in [2.45, 2.75) is 97.1 Å². The smallest absolute Gasteiger partial charge is 0.414 e. The van der Waals surface area contributed by atoms with E-state index in [0.717, 1.165) is 0 Å². The van der Waals surface area contributed by atoms with Crippen molar-refractivity contribution in [1.29, 1.82) is 0 Å². The summed E-state index contributed by atoms with van der Waals surface area (Å²) in [7, 11) is 0. The number of carbonyl (C=O) groups is 2. The second-order valence-corrected chi connectivity index (χ2v) is 10.3. The minimum Gasteiger partial charge on any atom is -0.446 e. The van der Waals surface area contributed by atoms with Crippen LogP contribution < -0.4 is 10.2 Å². The molecular formula is C22H32F2N4O3. The van der Waals surface area contributed by atoms with Gasteiger partial charge in [-0.15, -0.1) is 0 Å². The number of carbonyl (C=O) groups excluding carboxylic acids is 2. The van der Waals surface area contributed by atoms with E-state index in [1.54, 1.807) is 11.8 Å². The van der Waals surface area contributed by atoms with E-state index in [2.05, 4.69) is 15.3 Å². The number of aromatic nitrogens is 2. The molecule has 1 aromatic rings. The van der Waals surface area contributed by atoms with Gasteiger partial charge in [0, 0.05) is 25.2 Å². The topological polar surface area (TPSA) is 84.4 Å².